The highest BCUT2D eigenvalue weighted by Crippen LogP contribution is 2.25. The average molecular weight is 1900 g/mol. The van der Waals surface area contributed by atoms with Crippen LogP contribution >= 0.6 is 25.3 Å². The molecule has 6 rings (SSSR count). The molecule has 3 aromatic carbocycles. The van der Waals surface area contributed by atoms with Gasteiger partial charge in [-0.05, 0) is 151 Å². The molecule has 30 N–H and O–H groups in total. The van der Waals surface area contributed by atoms with Crippen molar-refractivity contribution in [2.45, 2.75) is 234 Å². The van der Waals surface area contributed by atoms with Crippen molar-refractivity contribution >= 4 is 160 Å². The van der Waals surface area contributed by atoms with Crippen LogP contribution < -0.4 is 103 Å². The van der Waals surface area contributed by atoms with Gasteiger partial charge in [-0.1, -0.05) is 68.8 Å². The molecule has 3 heterocycles. The van der Waals surface area contributed by atoms with Gasteiger partial charge in [-0.25, -0.2) is 0 Å². The van der Waals surface area contributed by atoms with E-state index >= 15 is 24.0 Å². The molecule has 1 fully saturated rings. The molecule has 1 aliphatic heterocycles. The number of hydrogen-bond acceptors (Lipinski definition) is 25. The number of para-hydroxylation sites is 2. The summed E-state index contributed by atoms with van der Waals surface area (Å²) in [6.45, 7) is 6.99. The quantitative estimate of drug-likeness (QED) is 0.00764. The molecule has 0 radical (unpaired) electrons. The van der Waals surface area contributed by atoms with Crippen molar-refractivity contribution in [1.29, 1.82) is 5.41 Å². The second-order valence-corrected chi connectivity index (χ2v) is 33.5. The van der Waals surface area contributed by atoms with Gasteiger partial charge < -0.3 is 138 Å². The second kappa shape index (κ2) is 54.6. The maximum Gasteiger partial charge on any atom is 0.325 e. The summed E-state index contributed by atoms with van der Waals surface area (Å²) in [6, 6.07) is -3.41. The SMILES string of the molecule is CC(C)C[C@@H](NC(=O)[C@@H](Cc1c[nH]c2ccccc12)NC(=O)[C@@H](CCCNC(=N)N)NC(=O)[C@@H](Cc1c[nH]c2ccccc12)NC(=O)[C@@H](CCC(=O)O)NC(=O)[C@H]1CCCN1C(=O)[C@@H](Cc1ccc(O)cc1)NC(=O)[C@@H](CC(=O)O)NC(=O)[C@H](CS)NC(=O)[C@@H](C)NC(=O)CNC(=O)[C@@H](CCCCN)NC(=O)[C@H](N)CCCCN)C(=O)N[C@@H](CS)C(=O)N[C@H](C)C(=O)N[C@H](C)C(=O)O. The van der Waals surface area contributed by atoms with Crippen LogP contribution in [0.5, 0.6) is 5.75 Å². The van der Waals surface area contributed by atoms with Crippen LogP contribution in [-0.4, -0.2) is 283 Å². The molecule has 0 aliphatic carbocycles. The van der Waals surface area contributed by atoms with Gasteiger partial charge >= 0.3 is 17.9 Å². The van der Waals surface area contributed by atoms with E-state index in [2.05, 4.69) is 115 Å². The number of nitrogens with two attached hydrogens (primary N) is 4. The highest BCUT2D eigenvalue weighted by molar-refractivity contribution is 7.80. The maximum absolute atomic E-state index is 15.4. The number of carboxylic acids is 3. The number of rotatable bonds is 57. The Morgan fingerprint density at radius 2 is 0.910 bits per heavy atom. The molecule has 728 valence electrons. The number of fused-ring (bicyclic) bond motifs is 2. The molecule has 0 saturated carbocycles. The Hall–Kier alpha value is -13.1. The third-order valence-electron chi connectivity index (χ3n) is 21.7. The number of carbonyl (C=O) groups is 18. The number of nitrogens with one attached hydrogen (secondary N) is 18. The summed E-state index contributed by atoms with van der Waals surface area (Å²) >= 11 is 8.46. The predicted octanol–water partition coefficient (Wildman–Crippen LogP) is -3.97. The fourth-order valence-corrected chi connectivity index (χ4v) is 14.9. The summed E-state index contributed by atoms with van der Waals surface area (Å²) in [4.78, 5) is 257. The molecule has 0 bridgehead atoms. The number of unbranched alkanes of at least 4 members (excludes halogenated alkanes) is 2. The molecule has 133 heavy (non-hydrogen) atoms. The monoisotopic (exact) mass is 1900 g/mol. The van der Waals surface area contributed by atoms with Crippen molar-refractivity contribution in [3.05, 3.63) is 102 Å². The highest BCUT2D eigenvalue weighted by Gasteiger charge is 2.43. The first kappa shape index (κ1) is 109. The Balaban J connectivity index is 1.25. The number of carbonyl (C=O) groups excluding carboxylic acids is 15. The zero-order valence-corrected chi connectivity index (χ0v) is 76.4. The molecule has 15 amide bonds. The molecule has 47 heteroatoms. The Morgan fingerprint density at radius 1 is 0.466 bits per heavy atom. The molecule has 5 aromatic rings. The number of guanidine groups is 1. The van der Waals surface area contributed by atoms with Crippen LogP contribution in [-0.2, 0) is 106 Å². The number of amides is 15. The number of nitrogens with zero attached hydrogens (tertiary/aromatic N) is 1. The van der Waals surface area contributed by atoms with Gasteiger partial charge in [0.05, 0.1) is 19.0 Å². The largest absolute Gasteiger partial charge is 0.508 e. The van der Waals surface area contributed by atoms with E-state index in [1.165, 1.54) is 45.0 Å². The van der Waals surface area contributed by atoms with Crippen LogP contribution in [0.15, 0.2) is 85.2 Å². The number of aromatic amines is 2. The van der Waals surface area contributed by atoms with Gasteiger partial charge in [0, 0.05) is 84.5 Å². The minimum Gasteiger partial charge on any atom is -0.508 e. The molecular formula is C86H125N23O22S2. The third kappa shape index (κ3) is 35.5. The van der Waals surface area contributed by atoms with Gasteiger partial charge in [-0.2, -0.15) is 25.3 Å². The van der Waals surface area contributed by atoms with Crippen LogP contribution in [0.2, 0.25) is 0 Å². The van der Waals surface area contributed by atoms with Crippen LogP contribution in [0.4, 0.5) is 0 Å². The number of hydrogen-bond donors (Lipinski definition) is 28. The molecule has 0 unspecified atom stereocenters. The number of carboxylic acid groups (broad SMARTS) is 3. The smallest absolute Gasteiger partial charge is 0.325 e. The Morgan fingerprint density at radius 3 is 1.45 bits per heavy atom. The number of phenolic OH excluding ortho intramolecular Hbond substituents is 1. The number of likely N-dealkylation sites (tertiary alicyclic amines) is 1. The molecular weight excluding hydrogens is 1770 g/mol. The van der Waals surface area contributed by atoms with E-state index in [-0.39, 0.29) is 87.4 Å². The molecule has 2 aromatic heterocycles. The molecule has 45 nitrogen and oxygen atoms in total. The Bertz CT molecular complexity index is 4900. The summed E-state index contributed by atoms with van der Waals surface area (Å²) in [5.74, 6) is -20.6. The van der Waals surface area contributed by atoms with E-state index < -0.39 is 241 Å². The zero-order chi connectivity index (χ0) is 98.3. The lowest BCUT2D eigenvalue weighted by Crippen LogP contribution is -2.61. The van der Waals surface area contributed by atoms with Crippen molar-refractivity contribution in [3.8, 4) is 5.75 Å². The van der Waals surface area contributed by atoms with E-state index in [9.17, 15) is 82.8 Å². The highest BCUT2D eigenvalue weighted by atomic mass is 32.1. The van der Waals surface area contributed by atoms with Gasteiger partial charge in [0.15, 0.2) is 5.96 Å². The van der Waals surface area contributed by atoms with Crippen LogP contribution in [0.25, 0.3) is 21.8 Å². The normalized spacial score (nSPS) is 15.5. The lowest BCUT2D eigenvalue weighted by atomic mass is 9.99. The summed E-state index contributed by atoms with van der Waals surface area (Å²) in [5, 5.41) is 86.6. The number of aliphatic carboxylic acids is 3. The van der Waals surface area contributed by atoms with E-state index in [1.54, 1.807) is 74.8 Å². The number of thiol groups is 2. The zero-order valence-electron chi connectivity index (χ0n) is 74.6. The minimum atomic E-state index is -2.02. The van der Waals surface area contributed by atoms with E-state index in [0.717, 1.165) is 4.90 Å². The van der Waals surface area contributed by atoms with E-state index in [0.29, 0.717) is 78.1 Å². The summed E-state index contributed by atoms with van der Waals surface area (Å²) in [5.41, 5.74) is 25.3. The molecule has 1 saturated heterocycles. The van der Waals surface area contributed by atoms with Gasteiger partial charge in [-0.3, -0.25) is 91.7 Å². The Kier molecular flexibility index (Phi) is 44.6. The first-order chi connectivity index (χ1) is 63.1. The van der Waals surface area contributed by atoms with Crippen molar-refractivity contribution in [1.82, 2.24) is 94.6 Å². The molecule has 15 atom stereocenters. The minimum absolute atomic E-state index is 0.00692. The summed E-state index contributed by atoms with van der Waals surface area (Å²) < 4.78 is 0. The van der Waals surface area contributed by atoms with E-state index in [1.807, 2.05) is 0 Å². The topological polar surface area (TPSA) is 731 Å². The van der Waals surface area contributed by atoms with Gasteiger partial charge in [0.1, 0.15) is 90.3 Å². The van der Waals surface area contributed by atoms with Gasteiger partial charge in [-0.15, -0.1) is 0 Å². The number of benzene rings is 3. The number of phenols is 1. The predicted molar refractivity (Wildman–Crippen MR) is 493 cm³/mol. The second-order valence-electron chi connectivity index (χ2n) is 32.8. The molecule has 1 aliphatic rings. The van der Waals surface area contributed by atoms with E-state index in [4.69, 9.17) is 28.3 Å². The Labute approximate surface area is 777 Å². The number of aromatic nitrogens is 2. The average Bonchev–Trinajstić information content (AvgIpc) is 1.72. The summed E-state index contributed by atoms with van der Waals surface area (Å²) in [6.07, 6.45) is 1.79. The van der Waals surface area contributed by atoms with Crippen LogP contribution in [0.3, 0.4) is 0 Å². The maximum atomic E-state index is 15.4. The van der Waals surface area contributed by atoms with Crippen LogP contribution in [0.1, 0.15) is 141 Å². The van der Waals surface area contributed by atoms with Gasteiger partial charge in [0.25, 0.3) is 0 Å². The molecule has 0 spiro atoms. The first-order valence-electron chi connectivity index (χ1n) is 43.7. The van der Waals surface area contributed by atoms with Crippen molar-refractivity contribution in [3.63, 3.8) is 0 Å². The lowest BCUT2D eigenvalue weighted by Gasteiger charge is -2.31. The number of aromatic hydroxyl groups is 1. The van der Waals surface area contributed by atoms with Crippen molar-refractivity contribution < 1.29 is 107 Å². The van der Waals surface area contributed by atoms with Gasteiger partial charge in [0.2, 0.25) is 88.6 Å². The summed E-state index contributed by atoms with van der Waals surface area (Å²) in [7, 11) is 0. The fraction of sp³-hybridized carbons (Fsp3) is 0.523. The van der Waals surface area contributed by atoms with Crippen molar-refractivity contribution in [2.24, 2.45) is 28.9 Å². The van der Waals surface area contributed by atoms with Crippen LogP contribution in [0, 0.1) is 11.3 Å². The first-order valence-corrected chi connectivity index (χ1v) is 44.9. The number of H-pyrrole nitrogens is 2. The fourth-order valence-electron chi connectivity index (χ4n) is 14.4. The lowest BCUT2D eigenvalue weighted by molar-refractivity contribution is -0.144. The standard InChI is InChI=1S/C86H125N23O22S2/c1-44(2)34-60(77(122)108-65(42-132)81(126)97-46(4)71(116)98-47(5)85(130)131)102-79(124)62(37-50-40-94-56-20-9-7-17-53(50)56)103-75(120)58(22-14-32-92-86(90)91)100-78(123)61(36-49-39-93-55-19-8-6-16-52(49)55)104-76(121)59(28-29-69(112)113)101-83(128)67-23-15-33-109(67)84(129)64(35-48-24-26-51(110)27-25-48)106-80(125)63(38-70(114)115)105-82(127)66(43-133)107-72(117)45(3)96-68(111)41-95-74(119)57(21-11-13-31-88)99-73(118)54(89)18-10-12-30-87/h6-9,16-17,19-20,24-27,39-40,44-47,54,57-67,93-94,110,132-133H,10-15,18,21-23,28-38,41-43,87-89H2,1-5H3,(H,95,119)(H,96,111)(H,97,126)(H,98,116)(H,99,118)(H,100,123)(H,101,128)(H,102,124)(H,103,120)(H,104,121)(H,105,127)(H,106,125)(H,107,117)(H,108,122)(H,112,113)(H,114,115)(H,130,131)(H4,90,91,92)/t45-,46-,47-,54-,57-,58-,59-,60-,61-,62-,63-,64-,65+,66+,67-/m1/s1. The van der Waals surface area contributed by atoms with Crippen molar-refractivity contribution in [2.75, 3.05) is 44.2 Å². The third-order valence-corrected chi connectivity index (χ3v) is 22.5.